The first-order valence-corrected chi connectivity index (χ1v) is 8.32. The van der Waals surface area contributed by atoms with Gasteiger partial charge in [0.1, 0.15) is 5.75 Å². The van der Waals surface area contributed by atoms with Gasteiger partial charge < -0.3 is 9.84 Å². The van der Waals surface area contributed by atoms with Gasteiger partial charge in [0.25, 0.3) is 0 Å². The molecule has 2 saturated heterocycles. The molecule has 2 bridgehead atoms. The second-order valence-electron chi connectivity index (χ2n) is 5.52. The maximum absolute atomic E-state index is 12.8. The van der Waals surface area contributed by atoms with Crippen LogP contribution in [0.3, 0.4) is 0 Å². The normalized spacial score (nSPS) is 30.4. The van der Waals surface area contributed by atoms with Crippen molar-refractivity contribution in [3.8, 4) is 5.75 Å². The molecule has 3 rings (SSSR count). The van der Waals surface area contributed by atoms with Gasteiger partial charge in [-0.3, -0.25) is 0 Å². The predicted octanol–water partition coefficient (Wildman–Crippen LogP) is 1.37. The van der Waals surface area contributed by atoms with Gasteiger partial charge in [-0.15, -0.1) is 0 Å². The summed E-state index contributed by atoms with van der Waals surface area (Å²) in [5, 5.41) is 9.78. The van der Waals surface area contributed by atoms with Gasteiger partial charge in [0, 0.05) is 18.2 Å². The topological polar surface area (TPSA) is 66.8 Å². The van der Waals surface area contributed by atoms with Gasteiger partial charge in [0.15, 0.2) is 0 Å². The van der Waals surface area contributed by atoms with Gasteiger partial charge in [-0.25, -0.2) is 8.42 Å². The van der Waals surface area contributed by atoms with Crippen LogP contribution in [0.25, 0.3) is 0 Å². The van der Waals surface area contributed by atoms with Crippen molar-refractivity contribution >= 4 is 10.0 Å². The number of fused-ring (bicyclic) bond motifs is 2. The molecule has 2 aliphatic heterocycles. The summed E-state index contributed by atoms with van der Waals surface area (Å²) in [7, 11) is -1.99. The highest BCUT2D eigenvalue weighted by atomic mass is 32.2. The van der Waals surface area contributed by atoms with E-state index in [2.05, 4.69) is 0 Å². The van der Waals surface area contributed by atoms with Crippen LogP contribution in [0.15, 0.2) is 29.2 Å². The maximum Gasteiger partial charge on any atom is 0.243 e. The Kier molecular flexibility index (Phi) is 3.48. The van der Waals surface area contributed by atoms with E-state index in [4.69, 9.17) is 4.74 Å². The molecule has 2 unspecified atom stereocenters. The van der Waals surface area contributed by atoms with E-state index in [1.807, 2.05) is 0 Å². The molecule has 0 aromatic heterocycles. The van der Waals surface area contributed by atoms with Crippen LogP contribution in [0.4, 0.5) is 0 Å². The van der Waals surface area contributed by atoms with Crippen molar-refractivity contribution in [2.75, 3.05) is 7.11 Å². The Morgan fingerprint density at radius 2 is 1.90 bits per heavy atom. The number of benzene rings is 1. The monoisotopic (exact) mass is 297 g/mol. The second-order valence-corrected chi connectivity index (χ2v) is 7.37. The first kappa shape index (κ1) is 13.9. The molecule has 2 heterocycles. The van der Waals surface area contributed by atoms with Crippen LogP contribution >= 0.6 is 0 Å². The van der Waals surface area contributed by atoms with Gasteiger partial charge in [0.05, 0.1) is 18.1 Å². The van der Waals surface area contributed by atoms with Gasteiger partial charge in [-0.05, 0) is 37.8 Å². The molecule has 20 heavy (non-hydrogen) atoms. The Hall–Kier alpha value is -1.11. The third-order valence-electron chi connectivity index (χ3n) is 4.26. The van der Waals surface area contributed by atoms with Crippen LogP contribution in [-0.2, 0) is 10.0 Å². The fraction of sp³-hybridized carbons (Fsp3) is 0.571. The third kappa shape index (κ3) is 2.21. The molecule has 1 N–H and O–H groups in total. The van der Waals surface area contributed by atoms with E-state index in [-0.39, 0.29) is 23.1 Å². The zero-order valence-corrected chi connectivity index (χ0v) is 12.2. The zero-order chi connectivity index (χ0) is 14.3. The number of ether oxygens (including phenoxy) is 1. The first-order valence-electron chi connectivity index (χ1n) is 6.88. The highest BCUT2D eigenvalue weighted by molar-refractivity contribution is 7.89. The van der Waals surface area contributed by atoms with Gasteiger partial charge in [-0.1, -0.05) is 6.07 Å². The van der Waals surface area contributed by atoms with Crippen LogP contribution in [0.1, 0.15) is 25.7 Å². The summed E-state index contributed by atoms with van der Waals surface area (Å²) in [5.74, 6) is 0.537. The lowest BCUT2D eigenvalue weighted by Gasteiger charge is -2.36. The minimum atomic E-state index is -3.51. The van der Waals surface area contributed by atoms with Crippen molar-refractivity contribution in [1.29, 1.82) is 0 Å². The smallest absolute Gasteiger partial charge is 0.243 e. The van der Waals surface area contributed by atoms with E-state index in [0.29, 0.717) is 18.6 Å². The van der Waals surface area contributed by atoms with Crippen molar-refractivity contribution in [3.63, 3.8) is 0 Å². The summed E-state index contributed by atoms with van der Waals surface area (Å²) in [6, 6.07) is 6.43. The molecule has 0 amide bonds. The molecule has 2 aliphatic rings. The highest BCUT2D eigenvalue weighted by Gasteiger charge is 2.46. The standard InChI is InChI=1S/C14H19NO4S/c1-19-13-3-2-4-14(9-13)20(17,18)15-10-5-6-11(15)8-12(16)7-10/h2-4,9-12,16H,5-8H2,1H3. The molecule has 1 aromatic carbocycles. The summed E-state index contributed by atoms with van der Waals surface area (Å²) in [6.45, 7) is 0. The fourth-order valence-corrected chi connectivity index (χ4v) is 5.31. The molecule has 2 atom stereocenters. The lowest BCUT2D eigenvalue weighted by Crippen LogP contribution is -2.47. The van der Waals surface area contributed by atoms with Crippen LogP contribution in [-0.4, -0.2) is 43.1 Å². The lowest BCUT2D eigenvalue weighted by molar-refractivity contribution is 0.0768. The number of sulfonamides is 1. The zero-order valence-electron chi connectivity index (χ0n) is 11.4. The molecule has 2 fully saturated rings. The predicted molar refractivity (Wildman–Crippen MR) is 74.1 cm³/mol. The summed E-state index contributed by atoms with van der Waals surface area (Å²) in [5.41, 5.74) is 0. The first-order chi connectivity index (χ1) is 9.52. The van der Waals surface area contributed by atoms with Crippen molar-refractivity contribution in [2.45, 2.75) is 48.8 Å². The summed E-state index contributed by atoms with van der Waals surface area (Å²) in [6.07, 6.45) is 2.39. The minimum absolute atomic E-state index is 0.0695. The van der Waals surface area contributed by atoms with Crippen molar-refractivity contribution in [3.05, 3.63) is 24.3 Å². The Morgan fingerprint density at radius 3 is 2.50 bits per heavy atom. The fourth-order valence-electron chi connectivity index (χ4n) is 3.38. The van der Waals surface area contributed by atoms with Crippen molar-refractivity contribution < 1.29 is 18.3 Å². The van der Waals surface area contributed by atoms with E-state index in [1.54, 1.807) is 28.6 Å². The maximum atomic E-state index is 12.8. The summed E-state index contributed by atoms with van der Waals surface area (Å²) >= 11 is 0. The average molecular weight is 297 g/mol. The summed E-state index contributed by atoms with van der Waals surface area (Å²) < 4.78 is 32.3. The number of rotatable bonds is 3. The van der Waals surface area contributed by atoms with Crippen LogP contribution in [0, 0.1) is 0 Å². The van der Waals surface area contributed by atoms with Gasteiger partial charge in [-0.2, -0.15) is 4.31 Å². The number of hydrogen-bond acceptors (Lipinski definition) is 4. The van der Waals surface area contributed by atoms with Crippen molar-refractivity contribution in [2.24, 2.45) is 0 Å². The minimum Gasteiger partial charge on any atom is -0.497 e. The number of aliphatic hydroxyl groups excluding tert-OH is 1. The van der Waals surface area contributed by atoms with Crippen LogP contribution in [0.2, 0.25) is 0 Å². The van der Waals surface area contributed by atoms with E-state index >= 15 is 0 Å². The molecule has 0 radical (unpaired) electrons. The number of aliphatic hydroxyl groups is 1. The largest absolute Gasteiger partial charge is 0.497 e. The average Bonchev–Trinajstić information content (AvgIpc) is 2.72. The lowest BCUT2D eigenvalue weighted by atomic mass is 10.0. The molecule has 0 saturated carbocycles. The highest BCUT2D eigenvalue weighted by Crippen LogP contribution is 2.40. The number of nitrogens with zero attached hydrogens (tertiary/aromatic N) is 1. The van der Waals surface area contributed by atoms with Gasteiger partial charge >= 0.3 is 0 Å². The van der Waals surface area contributed by atoms with E-state index in [9.17, 15) is 13.5 Å². The van der Waals surface area contributed by atoms with Crippen LogP contribution < -0.4 is 4.74 Å². The molecule has 1 aromatic rings. The van der Waals surface area contributed by atoms with Crippen LogP contribution in [0.5, 0.6) is 5.75 Å². The Labute approximate surface area is 119 Å². The van der Waals surface area contributed by atoms with E-state index in [0.717, 1.165) is 12.8 Å². The molecule has 110 valence electrons. The molecule has 0 spiro atoms. The number of hydrogen-bond donors (Lipinski definition) is 1. The van der Waals surface area contributed by atoms with E-state index in [1.165, 1.54) is 7.11 Å². The number of piperidine rings is 1. The van der Waals surface area contributed by atoms with Gasteiger partial charge in [0.2, 0.25) is 10.0 Å². The molecular formula is C14H19NO4S. The summed E-state index contributed by atoms with van der Waals surface area (Å²) in [4.78, 5) is 0.269. The molecular weight excluding hydrogens is 278 g/mol. The van der Waals surface area contributed by atoms with Crippen molar-refractivity contribution in [1.82, 2.24) is 4.31 Å². The Morgan fingerprint density at radius 1 is 1.25 bits per heavy atom. The SMILES string of the molecule is COc1cccc(S(=O)(=O)N2C3CCC2CC(O)C3)c1. The Bertz CT molecular complexity index is 587. The molecule has 0 aliphatic carbocycles. The van der Waals surface area contributed by atoms with E-state index < -0.39 is 10.0 Å². The quantitative estimate of drug-likeness (QED) is 0.915. The molecule has 5 nitrogen and oxygen atoms in total. The second kappa shape index (κ2) is 5.02. The molecule has 6 heteroatoms. The third-order valence-corrected chi connectivity index (χ3v) is 6.26. The number of methoxy groups -OCH3 is 1. The Balaban J connectivity index is 1.96.